The summed E-state index contributed by atoms with van der Waals surface area (Å²) in [5.41, 5.74) is 1.81. The van der Waals surface area contributed by atoms with Gasteiger partial charge < -0.3 is 14.9 Å². The van der Waals surface area contributed by atoms with Crippen LogP contribution in [0.4, 0.5) is 0 Å². The number of aryl methyl sites for hydroxylation is 1. The molecule has 0 amide bonds. The highest BCUT2D eigenvalue weighted by molar-refractivity contribution is 7.86. The molecule has 7 heteroatoms. The highest BCUT2D eigenvalue weighted by Crippen LogP contribution is 2.28. The zero-order valence-corrected chi connectivity index (χ0v) is 16.7. The van der Waals surface area contributed by atoms with Gasteiger partial charge in [0.15, 0.2) is 11.5 Å². The second-order valence-corrected chi connectivity index (χ2v) is 8.74. The van der Waals surface area contributed by atoms with Crippen LogP contribution in [-0.4, -0.2) is 37.4 Å². The predicted molar refractivity (Wildman–Crippen MR) is 105 cm³/mol. The summed E-state index contributed by atoms with van der Waals surface area (Å²) < 4.78 is 36.7. The summed E-state index contributed by atoms with van der Waals surface area (Å²) >= 11 is 0. The van der Waals surface area contributed by atoms with Crippen LogP contribution in [0.2, 0.25) is 0 Å². The molecule has 1 saturated carbocycles. The molecule has 1 fully saturated rings. The van der Waals surface area contributed by atoms with E-state index in [1.54, 1.807) is 30.3 Å². The zero-order chi connectivity index (χ0) is 20.1. The fourth-order valence-electron chi connectivity index (χ4n) is 3.34. The van der Waals surface area contributed by atoms with Crippen molar-refractivity contribution in [3.63, 3.8) is 0 Å². The van der Waals surface area contributed by atoms with Gasteiger partial charge >= 0.3 is 0 Å². The van der Waals surface area contributed by atoms with Crippen LogP contribution in [0.3, 0.4) is 0 Å². The molecule has 2 atom stereocenters. The Bertz CT molecular complexity index is 892. The maximum absolute atomic E-state index is 12.6. The summed E-state index contributed by atoms with van der Waals surface area (Å²) in [6, 6.07) is 11.3. The topological polar surface area (TPSA) is 93.1 Å². The fourth-order valence-corrected chi connectivity index (χ4v) is 4.47. The van der Waals surface area contributed by atoms with Crippen molar-refractivity contribution in [3.8, 4) is 11.5 Å². The maximum Gasteiger partial charge on any atom is 0.297 e. The number of phenolic OH excluding ortho intramolecular Hbond substituents is 2. The number of ether oxygens (including phenoxy) is 1. The van der Waals surface area contributed by atoms with E-state index in [9.17, 15) is 18.6 Å². The van der Waals surface area contributed by atoms with Crippen LogP contribution >= 0.6 is 0 Å². The average Bonchev–Trinajstić information content (AvgIpc) is 2.66. The minimum Gasteiger partial charge on any atom is -0.504 e. The minimum atomic E-state index is -3.84. The second kappa shape index (κ2) is 8.94. The molecule has 0 heterocycles. The summed E-state index contributed by atoms with van der Waals surface area (Å²) in [5, 5.41) is 18.9. The van der Waals surface area contributed by atoms with E-state index in [1.165, 1.54) is 12.1 Å². The van der Waals surface area contributed by atoms with Crippen molar-refractivity contribution in [2.24, 2.45) is 0 Å². The molecule has 28 heavy (non-hydrogen) atoms. The van der Waals surface area contributed by atoms with Gasteiger partial charge in [-0.1, -0.05) is 36.6 Å². The lowest BCUT2D eigenvalue weighted by Gasteiger charge is -2.30. The SMILES string of the molecule is Cc1ccc(S(=O)(=O)O[C@H]2CCCC[C@H]2OCCc2ccc(O)c(O)c2)cc1. The van der Waals surface area contributed by atoms with E-state index < -0.39 is 16.2 Å². The Morgan fingerprint density at radius 1 is 0.964 bits per heavy atom. The predicted octanol–water partition coefficient (Wildman–Crippen LogP) is 3.68. The van der Waals surface area contributed by atoms with Gasteiger partial charge in [-0.15, -0.1) is 0 Å². The Morgan fingerprint density at radius 3 is 2.32 bits per heavy atom. The molecule has 3 rings (SSSR count). The molecule has 1 aliphatic rings. The Hall–Kier alpha value is -2.09. The molecule has 0 aromatic heterocycles. The van der Waals surface area contributed by atoms with Crippen LogP contribution in [0.15, 0.2) is 47.4 Å². The molecule has 152 valence electrons. The van der Waals surface area contributed by atoms with Crippen molar-refractivity contribution < 1.29 is 27.6 Å². The molecular weight excluding hydrogens is 380 g/mol. The van der Waals surface area contributed by atoms with Gasteiger partial charge in [0.2, 0.25) is 0 Å². The molecule has 2 aromatic carbocycles. The molecule has 6 nitrogen and oxygen atoms in total. The number of aromatic hydroxyl groups is 2. The van der Waals surface area contributed by atoms with E-state index in [0.29, 0.717) is 19.4 Å². The first kappa shape index (κ1) is 20.6. The number of phenols is 2. The van der Waals surface area contributed by atoms with Crippen molar-refractivity contribution >= 4 is 10.1 Å². The highest BCUT2D eigenvalue weighted by atomic mass is 32.2. The zero-order valence-electron chi connectivity index (χ0n) is 15.9. The van der Waals surface area contributed by atoms with Crippen molar-refractivity contribution in [1.82, 2.24) is 0 Å². The van der Waals surface area contributed by atoms with Crippen molar-refractivity contribution in [1.29, 1.82) is 0 Å². The first-order chi connectivity index (χ1) is 13.3. The molecule has 0 saturated heterocycles. The lowest BCUT2D eigenvalue weighted by molar-refractivity contribution is -0.0440. The van der Waals surface area contributed by atoms with Gasteiger partial charge in [0, 0.05) is 0 Å². The Balaban J connectivity index is 1.60. The van der Waals surface area contributed by atoms with E-state index in [-0.39, 0.29) is 22.5 Å². The van der Waals surface area contributed by atoms with Crippen molar-refractivity contribution in [3.05, 3.63) is 53.6 Å². The normalized spacial score (nSPS) is 20.2. The molecular formula is C21H26O6S. The van der Waals surface area contributed by atoms with E-state index in [2.05, 4.69) is 0 Å². The number of hydrogen-bond acceptors (Lipinski definition) is 6. The lowest BCUT2D eigenvalue weighted by Crippen LogP contribution is -2.36. The van der Waals surface area contributed by atoms with E-state index in [4.69, 9.17) is 8.92 Å². The van der Waals surface area contributed by atoms with Gasteiger partial charge in [-0.3, -0.25) is 4.18 Å². The van der Waals surface area contributed by atoms with Gasteiger partial charge in [-0.25, -0.2) is 0 Å². The summed E-state index contributed by atoms with van der Waals surface area (Å²) in [6.07, 6.45) is 2.99. The lowest BCUT2D eigenvalue weighted by atomic mass is 9.95. The Morgan fingerprint density at radius 2 is 1.64 bits per heavy atom. The minimum absolute atomic E-state index is 0.155. The standard InChI is InChI=1S/C21H26O6S/c1-15-6-9-17(10-7-15)28(24,25)27-21-5-3-2-4-20(21)26-13-12-16-8-11-18(22)19(23)14-16/h6-11,14,20-23H,2-5,12-13H2,1H3/t20-,21+/m1/s1. The third-order valence-corrected chi connectivity index (χ3v) is 6.31. The average molecular weight is 407 g/mol. The fraction of sp³-hybridized carbons (Fsp3) is 0.429. The highest BCUT2D eigenvalue weighted by Gasteiger charge is 2.31. The molecule has 0 unspecified atom stereocenters. The third-order valence-electron chi connectivity index (χ3n) is 4.96. The van der Waals surface area contributed by atoms with Crippen LogP contribution in [0.1, 0.15) is 36.8 Å². The molecule has 0 radical (unpaired) electrons. The summed E-state index contributed by atoms with van der Waals surface area (Å²) in [5.74, 6) is -0.327. The monoisotopic (exact) mass is 406 g/mol. The van der Waals surface area contributed by atoms with Crippen LogP contribution in [0, 0.1) is 6.92 Å². The van der Waals surface area contributed by atoms with Gasteiger partial charge in [0.25, 0.3) is 10.1 Å². The van der Waals surface area contributed by atoms with Crippen molar-refractivity contribution in [2.45, 2.75) is 56.1 Å². The summed E-state index contributed by atoms with van der Waals surface area (Å²) in [6.45, 7) is 2.27. The van der Waals surface area contributed by atoms with Crippen LogP contribution < -0.4 is 0 Å². The van der Waals surface area contributed by atoms with Crippen LogP contribution in [0.5, 0.6) is 11.5 Å². The van der Waals surface area contributed by atoms with Crippen LogP contribution in [-0.2, 0) is 25.5 Å². The first-order valence-corrected chi connectivity index (χ1v) is 10.9. The van der Waals surface area contributed by atoms with Gasteiger partial charge in [-0.2, -0.15) is 8.42 Å². The molecule has 1 aliphatic carbocycles. The number of rotatable bonds is 7. The molecule has 2 N–H and O–H groups in total. The van der Waals surface area contributed by atoms with E-state index in [1.807, 2.05) is 6.92 Å². The van der Waals surface area contributed by atoms with Gasteiger partial charge in [0.05, 0.1) is 17.6 Å². The number of hydrogen-bond donors (Lipinski definition) is 2. The Kier molecular flexibility index (Phi) is 6.59. The van der Waals surface area contributed by atoms with E-state index >= 15 is 0 Å². The second-order valence-electron chi connectivity index (χ2n) is 7.17. The Labute approximate surface area is 165 Å². The first-order valence-electron chi connectivity index (χ1n) is 9.47. The summed E-state index contributed by atoms with van der Waals surface area (Å²) in [4.78, 5) is 0.155. The third kappa shape index (κ3) is 5.25. The largest absolute Gasteiger partial charge is 0.504 e. The van der Waals surface area contributed by atoms with Crippen molar-refractivity contribution in [2.75, 3.05) is 6.61 Å². The van der Waals surface area contributed by atoms with Crippen LogP contribution in [0.25, 0.3) is 0 Å². The molecule has 0 spiro atoms. The summed E-state index contributed by atoms with van der Waals surface area (Å²) in [7, 11) is -3.84. The molecule has 0 bridgehead atoms. The van der Waals surface area contributed by atoms with Gasteiger partial charge in [-0.05, 0) is 56.0 Å². The van der Waals surface area contributed by atoms with E-state index in [0.717, 1.165) is 30.4 Å². The number of benzene rings is 2. The van der Waals surface area contributed by atoms with Gasteiger partial charge in [0.1, 0.15) is 6.10 Å². The smallest absolute Gasteiger partial charge is 0.297 e. The maximum atomic E-state index is 12.6. The molecule has 0 aliphatic heterocycles. The quantitative estimate of drug-likeness (QED) is 0.538. The molecule has 2 aromatic rings.